The third kappa shape index (κ3) is 6.61. The van der Waals surface area contributed by atoms with Gasteiger partial charge in [0, 0.05) is 41.7 Å². The second kappa shape index (κ2) is 8.94. The van der Waals surface area contributed by atoms with Gasteiger partial charge in [0.25, 0.3) is 0 Å². The van der Waals surface area contributed by atoms with Crippen molar-refractivity contribution in [1.82, 2.24) is 0 Å². The van der Waals surface area contributed by atoms with Crippen LogP contribution in [0.2, 0.25) is 0 Å². The fourth-order valence-corrected chi connectivity index (χ4v) is 2.52. The minimum Gasteiger partial charge on any atom is -0.494 e. The Morgan fingerprint density at radius 3 is 2.33 bits per heavy atom. The standard InChI is InChI=1S/C13H21NO3S/c1-16-8-2-10-18(15)11-3-9-17-13-6-4-12(14)5-7-13/h4-7H,2-3,8-11,14H2,1H3. The Hall–Kier alpha value is -1.07. The molecule has 2 N–H and O–H groups in total. The number of hydrogen-bond donors (Lipinski definition) is 1. The Labute approximate surface area is 111 Å². The van der Waals surface area contributed by atoms with Gasteiger partial charge >= 0.3 is 0 Å². The predicted octanol–water partition coefficient (Wildman–Crippen LogP) is 1.82. The molecule has 0 radical (unpaired) electrons. The monoisotopic (exact) mass is 271 g/mol. The molecule has 5 heteroatoms. The van der Waals surface area contributed by atoms with Crippen LogP contribution in [0.3, 0.4) is 0 Å². The van der Waals surface area contributed by atoms with E-state index in [4.69, 9.17) is 15.2 Å². The van der Waals surface area contributed by atoms with Crippen molar-refractivity contribution in [1.29, 1.82) is 0 Å². The molecule has 1 aromatic carbocycles. The van der Waals surface area contributed by atoms with E-state index in [0.717, 1.165) is 24.3 Å². The lowest BCUT2D eigenvalue weighted by atomic mass is 10.3. The fraction of sp³-hybridized carbons (Fsp3) is 0.538. The second-order valence-corrected chi connectivity index (χ2v) is 5.66. The van der Waals surface area contributed by atoms with E-state index in [-0.39, 0.29) is 0 Å². The topological polar surface area (TPSA) is 61.5 Å². The van der Waals surface area contributed by atoms with E-state index in [1.54, 1.807) is 19.2 Å². The first kappa shape index (κ1) is 15.0. The Bertz CT molecular complexity index is 354. The number of nitrogen functional groups attached to an aromatic ring is 1. The van der Waals surface area contributed by atoms with Gasteiger partial charge in [0.2, 0.25) is 0 Å². The average Bonchev–Trinajstić information content (AvgIpc) is 2.37. The van der Waals surface area contributed by atoms with Gasteiger partial charge in [0.05, 0.1) is 6.61 Å². The molecule has 0 amide bonds. The summed E-state index contributed by atoms with van der Waals surface area (Å²) in [4.78, 5) is 0. The largest absolute Gasteiger partial charge is 0.494 e. The number of benzene rings is 1. The zero-order chi connectivity index (χ0) is 13.2. The molecule has 0 fully saturated rings. The van der Waals surface area contributed by atoms with Crippen molar-refractivity contribution < 1.29 is 13.7 Å². The predicted molar refractivity (Wildman–Crippen MR) is 75.3 cm³/mol. The van der Waals surface area contributed by atoms with Gasteiger partial charge in [0.1, 0.15) is 5.75 Å². The first-order valence-corrected chi connectivity index (χ1v) is 7.53. The van der Waals surface area contributed by atoms with Crippen LogP contribution in [0.15, 0.2) is 24.3 Å². The molecule has 0 spiro atoms. The first-order valence-electron chi connectivity index (χ1n) is 6.04. The first-order chi connectivity index (χ1) is 8.72. The zero-order valence-corrected chi connectivity index (χ0v) is 11.6. The smallest absolute Gasteiger partial charge is 0.119 e. The van der Waals surface area contributed by atoms with E-state index >= 15 is 0 Å². The quantitative estimate of drug-likeness (QED) is 0.550. The third-order valence-electron chi connectivity index (χ3n) is 2.39. The number of nitrogens with two attached hydrogens (primary N) is 1. The highest BCUT2D eigenvalue weighted by molar-refractivity contribution is 7.84. The zero-order valence-electron chi connectivity index (χ0n) is 10.8. The van der Waals surface area contributed by atoms with Crippen LogP contribution < -0.4 is 10.5 Å². The van der Waals surface area contributed by atoms with Gasteiger partial charge in [-0.2, -0.15) is 0 Å². The van der Waals surface area contributed by atoms with Crippen LogP contribution in [0, 0.1) is 0 Å². The molecule has 0 aliphatic carbocycles. The van der Waals surface area contributed by atoms with Gasteiger partial charge in [-0.3, -0.25) is 4.21 Å². The maximum absolute atomic E-state index is 11.6. The lowest BCUT2D eigenvalue weighted by molar-refractivity contribution is 0.200. The van der Waals surface area contributed by atoms with Crippen LogP contribution in [0.4, 0.5) is 5.69 Å². The number of methoxy groups -OCH3 is 1. The molecule has 0 saturated carbocycles. The van der Waals surface area contributed by atoms with E-state index in [0.29, 0.717) is 24.7 Å². The SMILES string of the molecule is COCCCS(=O)CCCOc1ccc(N)cc1. The van der Waals surface area contributed by atoms with Crippen LogP contribution in [-0.2, 0) is 15.5 Å². The Balaban J connectivity index is 2.07. The van der Waals surface area contributed by atoms with Gasteiger partial charge in [-0.25, -0.2) is 0 Å². The molecule has 18 heavy (non-hydrogen) atoms. The Morgan fingerprint density at radius 1 is 1.11 bits per heavy atom. The number of anilines is 1. The molecule has 0 aliphatic heterocycles. The van der Waals surface area contributed by atoms with Crippen LogP contribution in [0.1, 0.15) is 12.8 Å². The minimum atomic E-state index is -0.763. The van der Waals surface area contributed by atoms with Crippen molar-refractivity contribution in [2.45, 2.75) is 12.8 Å². The van der Waals surface area contributed by atoms with Crippen molar-refractivity contribution in [3.63, 3.8) is 0 Å². The van der Waals surface area contributed by atoms with Crippen LogP contribution in [0.5, 0.6) is 5.75 Å². The molecular weight excluding hydrogens is 250 g/mol. The summed E-state index contributed by atoms with van der Waals surface area (Å²) in [6.07, 6.45) is 1.64. The minimum absolute atomic E-state index is 0.583. The highest BCUT2D eigenvalue weighted by atomic mass is 32.2. The molecule has 0 aliphatic rings. The summed E-state index contributed by atoms with van der Waals surface area (Å²) < 4.78 is 22.0. The highest BCUT2D eigenvalue weighted by Gasteiger charge is 2.00. The molecule has 1 rings (SSSR count). The number of rotatable bonds is 9. The summed E-state index contributed by atoms with van der Waals surface area (Å²) in [5.74, 6) is 2.18. The summed E-state index contributed by atoms with van der Waals surface area (Å²) >= 11 is 0. The van der Waals surface area contributed by atoms with Crippen molar-refractivity contribution in [3.8, 4) is 5.75 Å². The molecule has 0 aromatic heterocycles. The van der Waals surface area contributed by atoms with Crippen molar-refractivity contribution in [2.24, 2.45) is 0 Å². The van der Waals surface area contributed by atoms with Crippen molar-refractivity contribution >= 4 is 16.5 Å². The third-order valence-corrected chi connectivity index (χ3v) is 3.87. The molecule has 102 valence electrons. The Morgan fingerprint density at radius 2 is 1.72 bits per heavy atom. The summed E-state index contributed by atoms with van der Waals surface area (Å²) in [5.41, 5.74) is 6.30. The maximum Gasteiger partial charge on any atom is 0.119 e. The van der Waals surface area contributed by atoms with E-state index < -0.39 is 10.8 Å². The van der Waals surface area contributed by atoms with Crippen LogP contribution in [0.25, 0.3) is 0 Å². The van der Waals surface area contributed by atoms with Gasteiger partial charge in [-0.1, -0.05) is 0 Å². The summed E-state index contributed by atoms with van der Waals surface area (Å²) in [7, 11) is 0.893. The fourth-order valence-electron chi connectivity index (χ4n) is 1.44. The lowest BCUT2D eigenvalue weighted by Crippen LogP contribution is -2.08. The molecule has 0 heterocycles. The van der Waals surface area contributed by atoms with Crippen LogP contribution in [-0.4, -0.2) is 36.0 Å². The second-order valence-electron chi connectivity index (χ2n) is 3.97. The van der Waals surface area contributed by atoms with Crippen molar-refractivity contribution in [3.05, 3.63) is 24.3 Å². The van der Waals surface area contributed by atoms with Gasteiger partial charge < -0.3 is 15.2 Å². The summed E-state index contributed by atoms with van der Waals surface area (Å²) in [6, 6.07) is 7.28. The summed E-state index contributed by atoms with van der Waals surface area (Å²) in [5, 5.41) is 0. The van der Waals surface area contributed by atoms with E-state index in [9.17, 15) is 4.21 Å². The molecule has 0 saturated heterocycles. The van der Waals surface area contributed by atoms with E-state index in [2.05, 4.69) is 0 Å². The Kier molecular flexibility index (Phi) is 7.44. The number of ether oxygens (including phenoxy) is 2. The van der Waals surface area contributed by atoms with E-state index in [1.807, 2.05) is 12.1 Å². The normalized spacial score (nSPS) is 12.3. The molecule has 1 unspecified atom stereocenters. The van der Waals surface area contributed by atoms with Gasteiger partial charge in [0.15, 0.2) is 0 Å². The van der Waals surface area contributed by atoms with Gasteiger partial charge in [-0.05, 0) is 37.1 Å². The van der Waals surface area contributed by atoms with Crippen LogP contribution >= 0.6 is 0 Å². The van der Waals surface area contributed by atoms with E-state index in [1.165, 1.54) is 0 Å². The highest BCUT2D eigenvalue weighted by Crippen LogP contribution is 2.13. The summed E-state index contributed by atoms with van der Waals surface area (Å²) in [6.45, 7) is 1.26. The van der Waals surface area contributed by atoms with Crippen molar-refractivity contribution in [2.75, 3.05) is 37.6 Å². The molecule has 1 atom stereocenters. The maximum atomic E-state index is 11.6. The molecular formula is C13H21NO3S. The molecule has 0 bridgehead atoms. The molecule has 1 aromatic rings. The number of hydrogen-bond acceptors (Lipinski definition) is 4. The molecule has 4 nitrogen and oxygen atoms in total. The lowest BCUT2D eigenvalue weighted by Gasteiger charge is -2.06. The van der Waals surface area contributed by atoms with Gasteiger partial charge in [-0.15, -0.1) is 0 Å². The average molecular weight is 271 g/mol.